The summed E-state index contributed by atoms with van der Waals surface area (Å²) < 4.78 is 21.1. The largest absolute Gasteiger partial charge is 0.493 e. The van der Waals surface area contributed by atoms with E-state index in [0.29, 0.717) is 34.7 Å². The van der Waals surface area contributed by atoms with Crippen molar-refractivity contribution in [3.63, 3.8) is 0 Å². The zero-order valence-electron chi connectivity index (χ0n) is 15.2. The van der Waals surface area contributed by atoms with Crippen LogP contribution in [0.5, 0.6) is 11.5 Å². The lowest BCUT2D eigenvalue weighted by Gasteiger charge is -2.25. The number of hydrogen-bond donors (Lipinski definition) is 1. The van der Waals surface area contributed by atoms with E-state index in [1.54, 1.807) is 12.1 Å². The van der Waals surface area contributed by atoms with Gasteiger partial charge in [-0.3, -0.25) is 9.69 Å². The number of rotatable bonds is 8. The summed E-state index contributed by atoms with van der Waals surface area (Å²) in [5.74, 6) is 0.0839. The predicted octanol–water partition coefficient (Wildman–Crippen LogP) is 0.792. The molecule has 1 fully saturated rings. The fourth-order valence-electron chi connectivity index (χ4n) is 2.32. The third-order valence-corrected chi connectivity index (χ3v) is 4.28. The minimum Gasteiger partial charge on any atom is -0.493 e. The number of nitrogens with zero attached hydrogens (tertiary/aromatic N) is 2. The molecule has 0 saturated carbocycles. The Morgan fingerprint density at radius 3 is 2.74 bits per heavy atom. The molecule has 0 atom stereocenters. The summed E-state index contributed by atoms with van der Waals surface area (Å²) in [6.07, 6.45) is 1.49. The smallest absolute Gasteiger partial charge is 0.343 e. The van der Waals surface area contributed by atoms with Gasteiger partial charge < -0.3 is 18.9 Å². The Hall–Kier alpha value is -2.17. The molecular formula is C17H22BrN3O6. The van der Waals surface area contributed by atoms with Gasteiger partial charge in [-0.2, -0.15) is 5.10 Å². The zero-order chi connectivity index (χ0) is 19.6. The number of carbonyl (C=O) groups excluding carboxylic acids is 2. The fraction of sp³-hybridized carbons (Fsp3) is 0.471. The summed E-state index contributed by atoms with van der Waals surface area (Å²) in [5.41, 5.74) is 3.17. The van der Waals surface area contributed by atoms with Crippen LogP contribution in [0.3, 0.4) is 0 Å². The fourth-order valence-corrected chi connectivity index (χ4v) is 2.90. The summed E-state index contributed by atoms with van der Waals surface area (Å²) in [6, 6.07) is 3.40. The van der Waals surface area contributed by atoms with Gasteiger partial charge in [0.25, 0.3) is 5.91 Å². The van der Waals surface area contributed by atoms with Crippen molar-refractivity contribution < 1.29 is 28.5 Å². The van der Waals surface area contributed by atoms with E-state index in [2.05, 4.69) is 31.2 Å². The van der Waals surface area contributed by atoms with E-state index in [1.807, 2.05) is 4.90 Å². The average molecular weight is 444 g/mol. The van der Waals surface area contributed by atoms with Crippen LogP contribution in [0.25, 0.3) is 0 Å². The van der Waals surface area contributed by atoms with E-state index < -0.39 is 5.97 Å². The molecule has 1 aliphatic heterocycles. The molecule has 0 spiro atoms. The number of amides is 1. The Morgan fingerprint density at radius 2 is 2.07 bits per heavy atom. The van der Waals surface area contributed by atoms with Gasteiger partial charge in [0.2, 0.25) is 0 Å². The minimum atomic E-state index is -0.502. The highest BCUT2D eigenvalue weighted by Crippen LogP contribution is 2.36. The topological polar surface area (TPSA) is 98.7 Å². The van der Waals surface area contributed by atoms with Crippen molar-refractivity contribution in [2.45, 2.75) is 0 Å². The number of benzene rings is 1. The monoisotopic (exact) mass is 443 g/mol. The SMILES string of the molecule is COC(=O)COc1c(Br)cc(C=NNC(=O)CN2CCOCC2)cc1OC. The van der Waals surface area contributed by atoms with Crippen LogP contribution in [0, 0.1) is 0 Å². The number of nitrogens with one attached hydrogen (secondary N) is 1. The highest BCUT2D eigenvalue weighted by molar-refractivity contribution is 9.10. The van der Waals surface area contributed by atoms with E-state index in [9.17, 15) is 9.59 Å². The lowest BCUT2D eigenvalue weighted by atomic mass is 10.2. The van der Waals surface area contributed by atoms with Gasteiger partial charge in [-0.1, -0.05) is 0 Å². The van der Waals surface area contributed by atoms with Gasteiger partial charge in [0, 0.05) is 13.1 Å². The van der Waals surface area contributed by atoms with E-state index >= 15 is 0 Å². The number of hydrogen-bond acceptors (Lipinski definition) is 8. The number of ether oxygens (including phenoxy) is 4. The summed E-state index contributed by atoms with van der Waals surface area (Å²) in [6.45, 7) is 2.76. The Bertz CT molecular complexity index is 691. The third-order valence-electron chi connectivity index (χ3n) is 3.69. The molecule has 1 aromatic rings. The van der Waals surface area contributed by atoms with Crippen molar-refractivity contribution in [3.8, 4) is 11.5 Å². The molecule has 0 aliphatic carbocycles. The third kappa shape index (κ3) is 6.81. The molecule has 148 valence electrons. The molecule has 10 heteroatoms. The Labute approximate surface area is 165 Å². The van der Waals surface area contributed by atoms with Crippen molar-refractivity contribution in [2.24, 2.45) is 5.10 Å². The summed E-state index contributed by atoms with van der Waals surface area (Å²) >= 11 is 3.37. The molecule has 27 heavy (non-hydrogen) atoms. The number of halogens is 1. The van der Waals surface area contributed by atoms with Crippen LogP contribution < -0.4 is 14.9 Å². The maximum atomic E-state index is 11.9. The molecule has 1 saturated heterocycles. The minimum absolute atomic E-state index is 0.197. The summed E-state index contributed by atoms with van der Waals surface area (Å²) in [5, 5.41) is 3.97. The van der Waals surface area contributed by atoms with Gasteiger partial charge in [0.15, 0.2) is 18.1 Å². The number of esters is 1. The molecule has 1 aromatic carbocycles. The quantitative estimate of drug-likeness (QED) is 0.360. The van der Waals surface area contributed by atoms with Crippen LogP contribution in [0.2, 0.25) is 0 Å². The molecule has 0 radical (unpaired) electrons. The second-order valence-corrected chi connectivity index (χ2v) is 6.43. The molecule has 0 bridgehead atoms. The Balaban J connectivity index is 1.95. The summed E-state index contributed by atoms with van der Waals surface area (Å²) in [7, 11) is 2.77. The van der Waals surface area contributed by atoms with Crippen LogP contribution in [-0.4, -0.2) is 76.7 Å². The van der Waals surface area contributed by atoms with Gasteiger partial charge >= 0.3 is 5.97 Å². The van der Waals surface area contributed by atoms with Crippen LogP contribution in [-0.2, 0) is 19.1 Å². The van der Waals surface area contributed by atoms with Crippen molar-refractivity contribution in [1.29, 1.82) is 0 Å². The number of hydrazone groups is 1. The van der Waals surface area contributed by atoms with Gasteiger partial charge in [0.1, 0.15) is 0 Å². The first-order chi connectivity index (χ1) is 13.0. The van der Waals surface area contributed by atoms with E-state index in [1.165, 1.54) is 20.4 Å². The molecule has 1 heterocycles. The van der Waals surface area contributed by atoms with Crippen LogP contribution in [0.15, 0.2) is 21.7 Å². The van der Waals surface area contributed by atoms with Gasteiger partial charge in [-0.25, -0.2) is 10.2 Å². The second-order valence-electron chi connectivity index (χ2n) is 5.58. The molecule has 1 N–H and O–H groups in total. The molecule has 0 unspecified atom stereocenters. The first kappa shape index (κ1) is 21.1. The zero-order valence-corrected chi connectivity index (χ0v) is 16.8. The van der Waals surface area contributed by atoms with Crippen molar-refractivity contribution in [3.05, 3.63) is 22.2 Å². The molecular weight excluding hydrogens is 422 g/mol. The number of morpholine rings is 1. The molecule has 9 nitrogen and oxygen atoms in total. The van der Waals surface area contributed by atoms with Gasteiger partial charge in [0.05, 0.1) is 44.7 Å². The maximum Gasteiger partial charge on any atom is 0.343 e. The molecule has 0 aromatic heterocycles. The Morgan fingerprint density at radius 1 is 1.33 bits per heavy atom. The average Bonchev–Trinajstić information content (AvgIpc) is 2.67. The van der Waals surface area contributed by atoms with Crippen LogP contribution in [0.1, 0.15) is 5.56 Å². The molecule has 1 amide bonds. The lowest BCUT2D eigenvalue weighted by Crippen LogP contribution is -2.42. The normalized spacial score (nSPS) is 14.8. The molecule has 2 rings (SSSR count). The Kier molecular flexibility index (Phi) is 8.49. The highest BCUT2D eigenvalue weighted by Gasteiger charge is 2.15. The van der Waals surface area contributed by atoms with E-state index in [-0.39, 0.29) is 19.1 Å². The second kappa shape index (κ2) is 10.9. The van der Waals surface area contributed by atoms with Crippen molar-refractivity contribution >= 4 is 34.0 Å². The van der Waals surface area contributed by atoms with E-state index in [4.69, 9.17) is 14.2 Å². The predicted molar refractivity (Wildman–Crippen MR) is 101 cm³/mol. The summed E-state index contributed by atoms with van der Waals surface area (Å²) in [4.78, 5) is 25.2. The van der Waals surface area contributed by atoms with Gasteiger partial charge in [-0.05, 0) is 33.6 Å². The first-order valence-electron chi connectivity index (χ1n) is 8.22. The maximum absolute atomic E-state index is 11.9. The number of carbonyl (C=O) groups is 2. The number of methoxy groups -OCH3 is 2. The first-order valence-corrected chi connectivity index (χ1v) is 9.02. The van der Waals surface area contributed by atoms with Crippen LogP contribution >= 0.6 is 15.9 Å². The van der Waals surface area contributed by atoms with Gasteiger partial charge in [-0.15, -0.1) is 0 Å². The van der Waals surface area contributed by atoms with E-state index in [0.717, 1.165) is 13.1 Å². The van der Waals surface area contributed by atoms with Crippen molar-refractivity contribution in [2.75, 3.05) is 53.7 Å². The molecule has 1 aliphatic rings. The highest BCUT2D eigenvalue weighted by atomic mass is 79.9. The standard InChI is InChI=1S/C17H22BrN3O6/c1-24-14-8-12(7-13(18)17(14)27-11-16(23)25-2)9-19-20-15(22)10-21-3-5-26-6-4-21/h7-9H,3-6,10-11H2,1-2H3,(H,20,22). The lowest BCUT2D eigenvalue weighted by molar-refractivity contribution is -0.143. The van der Waals surface area contributed by atoms with Crippen LogP contribution in [0.4, 0.5) is 0 Å². The van der Waals surface area contributed by atoms with Crippen molar-refractivity contribution in [1.82, 2.24) is 10.3 Å².